The summed E-state index contributed by atoms with van der Waals surface area (Å²) >= 11 is 15.8. The molecule has 0 heterocycles. The summed E-state index contributed by atoms with van der Waals surface area (Å²) < 4.78 is 29.5. The van der Waals surface area contributed by atoms with Crippen molar-refractivity contribution in [3.05, 3.63) is 92.9 Å². The van der Waals surface area contributed by atoms with E-state index in [1.165, 1.54) is 35.2 Å². The van der Waals surface area contributed by atoms with Crippen LogP contribution in [0.15, 0.2) is 82.2 Å². The highest BCUT2D eigenvalue weighted by Crippen LogP contribution is 2.31. The SMILES string of the molecule is CC(C(=O)NC1CCCC1)N(Cc1cccc(Br)c1)C(=O)CN(c1ccc(Cl)c(Cl)c1)S(=O)(=O)c1ccccc1. The van der Waals surface area contributed by atoms with Gasteiger partial charge in [0.2, 0.25) is 11.8 Å². The number of rotatable bonds is 10. The van der Waals surface area contributed by atoms with E-state index in [4.69, 9.17) is 23.2 Å². The standard InChI is InChI=1S/C29H30BrCl2N3O4S/c1-20(29(37)33-23-10-5-6-11-23)34(18-21-8-7-9-22(30)16-21)28(36)19-35(24-14-15-26(31)27(32)17-24)40(38,39)25-12-3-2-4-13-25/h2-4,7-9,12-17,20,23H,5-6,10-11,18-19H2,1H3,(H,33,37). The minimum absolute atomic E-state index is 0.0134. The van der Waals surface area contributed by atoms with Crippen LogP contribution < -0.4 is 9.62 Å². The second kappa shape index (κ2) is 13.4. The first-order valence-electron chi connectivity index (χ1n) is 12.9. The van der Waals surface area contributed by atoms with E-state index in [-0.39, 0.29) is 39.1 Å². The number of nitrogens with zero attached hydrogens (tertiary/aromatic N) is 2. The maximum Gasteiger partial charge on any atom is 0.264 e. The van der Waals surface area contributed by atoms with Crippen molar-refractivity contribution in [2.24, 2.45) is 0 Å². The first-order valence-corrected chi connectivity index (χ1v) is 15.9. The summed E-state index contributed by atoms with van der Waals surface area (Å²) in [7, 11) is -4.18. The Kier molecular flexibility index (Phi) is 10.2. The quantitative estimate of drug-likeness (QED) is 0.270. The highest BCUT2D eigenvalue weighted by molar-refractivity contribution is 9.10. The summed E-state index contributed by atoms with van der Waals surface area (Å²) in [4.78, 5) is 28.7. The second-order valence-electron chi connectivity index (χ2n) is 9.74. The molecule has 212 valence electrons. The monoisotopic (exact) mass is 665 g/mol. The van der Waals surface area contributed by atoms with Gasteiger partial charge in [0.1, 0.15) is 12.6 Å². The van der Waals surface area contributed by atoms with E-state index in [9.17, 15) is 18.0 Å². The number of carbonyl (C=O) groups excluding carboxylic acids is 2. The van der Waals surface area contributed by atoms with E-state index in [1.54, 1.807) is 25.1 Å². The number of benzene rings is 3. The smallest absolute Gasteiger partial charge is 0.264 e. The molecular weight excluding hydrogens is 637 g/mol. The van der Waals surface area contributed by atoms with Gasteiger partial charge in [-0.15, -0.1) is 0 Å². The van der Waals surface area contributed by atoms with Crippen LogP contribution in [0.3, 0.4) is 0 Å². The predicted octanol–water partition coefficient (Wildman–Crippen LogP) is 6.43. The zero-order valence-corrected chi connectivity index (χ0v) is 25.8. The van der Waals surface area contributed by atoms with Crippen LogP contribution in [0.4, 0.5) is 5.69 Å². The number of anilines is 1. The van der Waals surface area contributed by atoms with Crippen molar-refractivity contribution in [3.63, 3.8) is 0 Å². The van der Waals surface area contributed by atoms with E-state index in [0.29, 0.717) is 0 Å². The molecule has 0 aromatic heterocycles. The van der Waals surface area contributed by atoms with Gasteiger partial charge in [0.25, 0.3) is 10.0 Å². The van der Waals surface area contributed by atoms with Gasteiger partial charge in [0.15, 0.2) is 0 Å². The Balaban J connectivity index is 1.69. The number of carbonyl (C=O) groups is 2. The van der Waals surface area contributed by atoms with Gasteiger partial charge in [-0.2, -0.15) is 0 Å². The van der Waals surface area contributed by atoms with Crippen molar-refractivity contribution in [1.29, 1.82) is 0 Å². The van der Waals surface area contributed by atoms with Gasteiger partial charge in [-0.3, -0.25) is 13.9 Å². The molecule has 1 saturated carbocycles. The lowest BCUT2D eigenvalue weighted by Gasteiger charge is -2.32. The highest BCUT2D eigenvalue weighted by Gasteiger charge is 2.33. The van der Waals surface area contributed by atoms with Crippen LogP contribution in [0.2, 0.25) is 10.0 Å². The summed E-state index contributed by atoms with van der Waals surface area (Å²) in [6.45, 7) is 1.22. The zero-order valence-electron chi connectivity index (χ0n) is 21.9. The summed E-state index contributed by atoms with van der Waals surface area (Å²) in [5.74, 6) is -0.818. The first-order chi connectivity index (χ1) is 19.1. The summed E-state index contributed by atoms with van der Waals surface area (Å²) in [5.41, 5.74) is 0.965. The van der Waals surface area contributed by atoms with Gasteiger partial charge >= 0.3 is 0 Å². The lowest BCUT2D eigenvalue weighted by Crippen LogP contribution is -2.52. The molecule has 1 fully saturated rings. The van der Waals surface area contributed by atoms with E-state index in [1.807, 2.05) is 24.3 Å². The number of amides is 2. The Morgan fingerprint density at radius 2 is 1.68 bits per heavy atom. The normalized spacial score (nSPS) is 14.5. The average molecular weight is 667 g/mol. The molecule has 2 amide bonds. The molecule has 3 aromatic rings. The Bertz CT molecular complexity index is 1470. The predicted molar refractivity (Wildman–Crippen MR) is 162 cm³/mol. The molecule has 1 aliphatic rings. The summed E-state index contributed by atoms with van der Waals surface area (Å²) in [6, 6.07) is 18.9. The molecule has 0 aliphatic heterocycles. The average Bonchev–Trinajstić information content (AvgIpc) is 3.45. The Morgan fingerprint density at radius 1 is 0.975 bits per heavy atom. The zero-order chi connectivity index (χ0) is 28.9. The van der Waals surface area contributed by atoms with Gasteiger partial charge in [0.05, 0.1) is 20.6 Å². The van der Waals surface area contributed by atoms with Gasteiger partial charge in [-0.1, -0.05) is 82.3 Å². The van der Waals surface area contributed by atoms with Crippen LogP contribution in [-0.4, -0.2) is 43.8 Å². The van der Waals surface area contributed by atoms with Crippen LogP contribution >= 0.6 is 39.1 Å². The molecule has 1 atom stereocenters. The number of hydrogen-bond acceptors (Lipinski definition) is 4. The third kappa shape index (κ3) is 7.37. The molecule has 1 unspecified atom stereocenters. The highest BCUT2D eigenvalue weighted by atomic mass is 79.9. The summed E-state index contributed by atoms with van der Waals surface area (Å²) in [5, 5.41) is 3.46. The molecule has 0 saturated heterocycles. The lowest BCUT2D eigenvalue weighted by atomic mass is 10.1. The Hall–Kier alpha value is -2.59. The van der Waals surface area contributed by atoms with E-state index < -0.39 is 28.5 Å². The number of nitrogens with one attached hydrogen (secondary N) is 1. The number of halogens is 3. The number of sulfonamides is 1. The minimum Gasteiger partial charge on any atom is -0.352 e. The molecular formula is C29H30BrCl2N3O4S. The van der Waals surface area contributed by atoms with Crippen LogP contribution in [0, 0.1) is 0 Å². The summed E-state index contributed by atoms with van der Waals surface area (Å²) in [6.07, 6.45) is 3.91. The Labute approximate surface area is 253 Å². The topological polar surface area (TPSA) is 86.8 Å². The van der Waals surface area contributed by atoms with Crippen LogP contribution in [0.5, 0.6) is 0 Å². The van der Waals surface area contributed by atoms with Crippen LogP contribution in [0.1, 0.15) is 38.2 Å². The fraction of sp³-hybridized carbons (Fsp3) is 0.310. The van der Waals surface area contributed by atoms with Gasteiger partial charge in [-0.25, -0.2) is 8.42 Å². The fourth-order valence-corrected chi connectivity index (χ4v) is 6.86. The molecule has 0 bridgehead atoms. The third-order valence-electron chi connectivity index (χ3n) is 6.91. The van der Waals surface area contributed by atoms with Gasteiger partial charge in [0, 0.05) is 17.1 Å². The maximum atomic E-state index is 14.0. The molecule has 1 aliphatic carbocycles. The molecule has 11 heteroatoms. The van der Waals surface area contributed by atoms with Crippen LogP contribution in [-0.2, 0) is 26.2 Å². The third-order valence-corrected chi connectivity index (χ3v) is 9.93. The molecule has 0 radical (unpaired) electrons. The van der Waals surface area contributed by atoms with Crippen molar-refractivity contribution in [2.75, 3.05) is 10.8 Å². The molecule has 0 spiro atoms. The maximum absolute atomic E-state index is 14.0. The minimum atomic E-state index is -4.18. The molecule has 4 rings (SSSR count). The fourth-order valence-electron chi connectivity index (χ4n) is 4.70. The van der Waals surface area contributed by atoms with Crippen molar-refractivity contribution < 1.29 is 18.0 Å². The van der Waals surface area contributed by atoms with E-state index in [0.717, 1.165) is 40.0 Å². The second-order valence-corrected chi connectivity index (χ2v) is 13.3. The van der Waals surface area contributed by atoms with Crippen molar-refractivity contribution in [3.8, 4) is 0 Å². The molecule has 3 aromatic carbocycles. The molecule has 1 N–H and O–H groups in total. The lowest BCUT2D eigenvalue weighted by molar-refractivity contribution is -0.139. The largest absolute Gasteiger partial charge is 0.352 e. The van der Waals surface area contributed by atoms with Crippen molar-refractivity contribution >= 4 is 66.7 Å². The Morgan fingerprint density at radius 3 is 2.33 bits per heavy atom. The van der Waals surface area contributed by atoms with Crippen molar-refractivity contribution in [1.82, 2.24) is 10.2 Å². The first kappa shape index (κ1) is 30.4. The van der Waals surface area contributed by atoms with Gasteiger partial charge < -0.3 is 10.2 Å². The number of hydrogen-bond donors (Lipinski definition) is 1. The molecule has 40 heavy (non-hydrogen) atoms. The van der Waals surface area contributed by atoms with Crippen molar-refractivity contribution in [2.45, 2.75) is 56.1 Å². The van der Waals surface area contributed by atoms with Crippen LogP contribution in [0.25, 0.3) is 0 Å². The van der Waals surface area contributed by atoms with Gasteiger partial charge in [-0.05, 0) is 67.8 Å². The molecule has 7 nitrogen and oxygen atoms in total. The van der Waals surface area contributed by atoms with E-state index in [2.05, 4.69) is 21.2 Å². The van der Waals surface area contributed by atoms with E-state index >= 15 is 0 Å².